The Hall–Kier alpha value is 0.0900. The van der Waals surface area contributed by atoms with Gasteiger partial charge in [-0.1, -0.05) is 55.7 Å². The van der Waals surface area contributed by atoms with Gasteiger partial charge in [0.2, 0.25) is 0 Å². The summed E-state index contributed by atoms with van der Waals surface area (Å²) in [4.78, 5) is 10.2. The van der Waals surface area contributed by atoms with Crippen LogP contribution in [0.4, 0.5) is 0 Å². The van der Waals surface area contributed by atoms with Gasteiger partial charge in [0, 0.05) is 30.6 Å². The maximum Gasteiger partial charge on any atom is 0.303 e. The third-order valence-electron chi connectivity index (χ3n) is 3.31. The minimum Gasteiger partial charge on any atom is -0.481 e. The van der Waals surface area contributed by atoms with Crippen molar-refractivity contribution in [3.05, 3.63) is 0 Å². The van der Waals surface area contributed by atoms with Crippen LogP contribution in [0.25, 0.3) is 0 Å². The van der Waals surface area contributed by atoms with Crippen molar-refractivity contribution in [3.63, 3.8) is 0 Å². The lowest BCUT2D eigenvalue weighted by atomic mass is 10.1. The zero-order valence-electron chi connectivity index (χ0n) is 15.9. The molecule has 0 radical (unpaired) electrons. The Bertz CT molecular complexity index is 258. The molecular formula is C18H38O4S2. The molecule has 1 rings (SSSR count). The Labute approximate surface area is 156 Å². The zero-order chi connectivity index (χ0) is 18.8. The number of carboxylic acids is 1. The van der Waals surface area contributed by atoms with E-state index in [0.29, 0.717) is 31.5 Å². The third-order valence-corrected chi connectivity index (χ3v) is 6.31. The fourth-order valence-electron chi connectivity index (χ4n) is 1.73. The van der Waals surface area contributed by atoms with Crippen LogP contribution in [0, 0.1) is 11.8 Å². The van der Waals surface area contributed by atoms with Crippen LogP contribution >= 0.6 is 21.6 Å². The van der Waals surface area contributed by atoms with E-state index in [2.05, 4.69) is 27.7 Å². The van der Waals surface area contributed by atoms with Gasteiger partial charge in [-0.05, 0) is 43.9 Å². The number of hydrogen-bond donors (Lipinski definition) is 3. The molecule has 146 valence electrons. The molecule has 24 heavy (non-hydrogen) atoms. The largest absolute Gasteiger partial charge is 0.481 e. The number of carboxylic acid groups (broad SMARTS) is 1. The minimum absolute atomic E-state index is 0.331. The lowest BCUT2D eigenvalue weighted by Crippen LogP contribution is -1.99. The predicted octanol–water partition coefficient (Wildman–Crippen LogP) is 4.83. The number of rotatable bonds is 9. The van der Waals surface area contributed by atoms with Crippen LogP contribution < -0.4 is 0 Å². The first kappa shape index (κ1) is 26.3. The Morgan fingerprint density at radius 3 is 1.88 bits per heavy atom. The molecule has 1 saturated heterocycles. The van der Waals surface area contributed by atoms with Gasteiger partial charge in [0.25, 0.3) is 0 Å². The van der Waals surface area contributed by atoms with Gasteiger partial charge >= 0.3 is 5.97 Å². The summed E-state index contributed by atoms with van der Waals surface area (Å²) in [6.45, 7) is 9.04. The number of carbonyl (C=O) groups is 1. The molecule has 1 aliphatic heterocycles. The van der Waals surface area contributed by atoms with Crippen molar-refractivity contribution < 1.29 is 20.1 Å². The SMILES string of the molecule is CC(C)CCO.CC(C)CCO.O=C(O)CCCCC1CCSS1. The van der Waals surface area contributed by atoms with E-state index in [1.165, 1.54) is 18.6 Å². The standard InChI is InChI=1S/C8H14O2S2.2C5H12O/c9-8(10)4-2-1-3-7-5-6-11-12-7;2*1-5(2)3-4-6/h7H,1-6H2,(H,9,10);2*5-6H,3-4H2,1-2H3. The van der Waals surface area contributed by atoms with Crippen molar-refractivity contribution in [3.8, 4) is 0 Å². The van der Waals surface area contributed by atoms with Crippen LogP contribution in [-0.4, -0.2) is 45.5 Å². The lowest BCUT2D eigenvalue weighted by molar-refractivity contribution is -0.137. The van der Waals surface area contributed by atoms with Crippen LogP contribution in [0.2, 0.25) is 0 Å². The van der Waals surface area contributed by atoms with Gasteiger partial charge in [-0.25, -0.2) is 0 Å². The van der Waals surface area contributed by atoms with Gasteiger partial charge in [0.05, 0.1) is 0 Å². The Morgan fingerprint density at radius 1 is 1.04 bits per heavy atom. The van der Waals surface area contributed by atoms with Crippen LogP contribution in [0.5, 0.6) is 0 Å². The summed E-state index contributed by atoms with van der Waals surface area (Å²) >= 11 is 0. The molecule has 0 bridgehead atoms. The molecular weight excluding hydrogens is 344 g/mol. The van der Waals surface area contributed by atoms with Gasteiger partial charge in [0.1, 0.15) is 0 Å². The zero-order valence-corrected chi connectivity index (χ0v) is 17.5. The summed E-state index contributed by atoms with van der Waals surface area (Å²) in [5.74, 6) is 1.90. The van der Waals surface area contributed by atoms with E-state index in [0.717, 1.165) is 30.9 Å². The van der Waals surface area contributed by atoms with Crippen molar-refractivity contribution in [2.45, 2.75) is 77.9 Å². The number of aliphatic hydroxyl groups excluding tert-OH is 2. The van der Waals surface area contributed by atoms with E-state index in [-0.39, 0.29) is 0 Å². The molecule has 1 fully saturated rings. The highest BCUT2D eigenvalue weighted by atomic mass is 33.1. The summed E-state index contributed by atoms with van der Waals surface area (Å²) in [6, 6.07) is 0. The van der Waals surface area contributed by atoms with E-state index in [9.17, 15) is 4.79 Å². The highest BCUT2D eigenvalue weighted by molar-refractivity contribution is 8.77. The molecule has 6 heteroatoms. The third kappa shape index (κ3) is 24.3. The number of unbranched alkanes of at least 4 members (excludes halogenated alkanes) is 1. The van der Waals surface area contributed by atoms with E-state index < -0.39 is 5.97 Å². The fraction of sp³-hybridized carbons (Fsp3) is 0.944. The molecule has 0 aromatic heterocycles. The van der Waals surface area contributed by atoms with Crippen molar-refractivity contribution in [2.24, 2.45) is 11.8 Å². The van der Waals surface area contributed by atoms with E-state index in [4.69, 9.17) is 15.3 Å². The van der Waals surface area contributed by atoms with Crippen molar-refractivity contribution in [1.82, 2.24) is 0 Å². The van der Waals surface area contributed by atoms with E-state index in [1.807, 2.05) is 21.6 Å². The Morgan fingerprint density at radius 2 is 1.58 bits per heavy atom. The maximum atomic E-state index is 10.2. The topological polar surface area (TPSA) is 77.8 Å². The fourth-order valence-corrected chi connectivity index (χ4v) is 4.76. The van der Waals surface area contributed by atoms with Crippen molar-refractivity contribution in [2.75, 3.05) is 19.0 Å². The smallest absolute Gasteiger partial charge is 0.303 e. The van der Waals surface area contributed by atoms with Gasteiger partial charge in [0.15, 0.2) is 0 Å². The monoisotopic (exact) mass is 382 g/mol. The molecule has 1 atom stereocenters. The second-order valence-corrected chi connectivity index (χ2v) is 9.57. The first-order valence-corrected chi connectivity index (χ1v) is 11.4. The van der Waals surface area contributed by atoms with Gasteiger partial charge in [-0.2, -0.15) is 0 Å². The van der Waals surface area contributed by atoms with Crippen LogP contribution in [-0.2, 0) is 4.79 Å². The molecule has 1 aliphatic rings. The second kappa shape index (κ2) is 19.4. The van der Waals surface area contributed by atoms with Crippen molar-refractivity contribution >= 4 is 27.6 Å². The first-order valence-electron chi connectivity index (χ1n) is 9.05. The second-order valence-electron chi connectivity index (χ2n) is 6.78. The Balaban J connectivity index is 0. The highest BCUT2D eigenvalue weighted by Gasteiger charge is 2.15. The average molecular weight is 383 g/mol. The molecule has 0 saturated carbocycles. The summed E-state index contributed by atoms with van der Waals surface area (Å²) < 4.78 is 0. The molecule has 0 amide bonds. The normalized spacial score (nSPS) is 16.4. The van der Waals surface area contributed by atoms with E-state index in [1.54, 1.807) is 0 Å². The summed E-state index contributed by atoms with van der Waals surface area (Å²) in [5, 5.41) is 25.7. The van der Waals surface area contributed by atoms with Crippen molar-refractivity contribution in [1.29, 1.82) is 0 Å². The molecule has 0 aromatic rings. The maximum absolute atomic E-state index is 10.2. The van der Waals surface area contributed by atoms with Gasteiger partial charge in [-0.15, -0.1) is 0 Å². The van der Waals surface area contributed by atoms with Crippen LogP contribution in [0.3, 0.4) is 0 Å². The van der Waals surface area contributed by atoms with E-state index >= 15 is 0 Å². The first-order chi connectivity index (χ1) is 11.3. The molecule has 1 unspecified atom stereocenters. The summed E-state index contributed by atoms with van der Waals surface area (Å²) in [7, 11) is 3.92. The van der Waals surface area contributed by atoms with Gasteiger partial charge < -0.3 is 15.3 Å². The number of aliphatic hydroxyl groups is 2. The molecule has 0 spiro atoms. The molecule has 0 aromatic carbocycles. The highest BCUT2D eigenvalue weighted by Crippen LogP contribution is 2.39. The Kier molecular flexibility index (Phi) is 21.3. The molecule has 3 N–H and O–H groups in total. The quantitative estimate of drug-likeness (QED) is 0.391. The minimum atomic E-state index is -0.663. The summed E-state index contributed by atoms with van der Waals surface area (Å²) in [5.41, 5.74) is 0. The van der Waals surface area contributed by atoms with Gasteiger partial charge in [-0.3, -0.25) is 4.79 Å². The summed E-state index contributed by atoms with van der Waals surface area (Å²) in [6.07, 6.45) is 6.62. The molecule has 4 nitrogen and oxygen atoms in total. The predicted molar refractivity (Wildman–Crippen MR) is 108 cm³/mol. The lowest BCUT2D eigenvalue weighted by Gasteiger charge is -2.04. The van der Waals surface area contributed by atoms with Crippen LogP contribution in [0.15, 0.2) is 0 Å². The molecule has 0 aliphatic carbocycles. The number of aliphatic carboxylic acids is 1. The molecule has 1 heterocycles. The number of hydrogen-bond acceptors (Lipinski definition) is 5. The average Bonchev–Trinajstić information content (AvgIpc) is 2.97. The van der Waals surface area contributed by atoms with Crippen LogP contribution in [0.1, 0.15) is 72.6 Å².